The summed E-state index contributed by atoms with van der Waals surface area (Å²) in [5.74, 6) is -0.174. The van der Waals surface area contributed by atoms with Crippen molar-refractivity contribution in [1.82, 2.24) is 5.32 Å². The number of aliphatic hydroxyl groups is 1. The maximum atomic E-state index is 12.9. The molecule has 0 aromatic carbocycles. The molecule has 0 aliphatic rings. The Labute approximate surface area is 392 Å². The Balaban J connectivity index is 4.08. The second-order valence-corrected chi connectivity index (χ2v) is 21.8. The monoisotopic (exact) mass is 914 g/mol. The van der Waals surface area contributed by atoms with E-state index in [1.165, 1.54) is 225 Å². The standard InChI is InChI=1S/C54H109N2O6P/c1-6-8-10-12-14-16-18-20-21-22-23-24-25-26-27-28-29-30-31-32-33-34-35-36-37-39-41-43-45-47-53(57)52(51-62-63(59,60)61-50-49-56(3,4)5)55-54(58)48-46-44-42-40-38-19-17-15-13-11-9-7-2/h45,47,52-53,57H,6-44,46,48-51H2,1-5H3,(H-,55,58,59,60)/p+1/b47-45+. The van der Waals surface area contributed by atoms with Gasteiger partial charge < -0.3 is 19.8 Å². The molecule has 0 aliphatic carbocycles. The number of quaternary nitrogens is 1. The molecule has 1 amide bonds. The molecule has 376 valence electrons. The highest BCUT2D eigenvalue weighted by Gasteiger charge is 2.27. The highest BCUT2D eigenvalue weighted by atomic mass is 31.2. The van der Waals surface area contributed by atoms with Crippen LogP contribution in [0, 0.1) is 0 Å². The van der Waals surface area contributed by atoms with E-state index in [1.54, 1.807) is 6.08 Å². The number of carbonyl (C=O) groups is 1. The number of nitrogens with zero attached hydrogens (tertiary/aromatic N) is 1. The van der Waals surface area contributed by atoms with E-state index in [-0.39, 0.29) is 19.1 Å². The van der Waals surface area contributed by atoms with Crippen LogP contribution in [0.4, 0.5) is 0 Å². The summed E-state index contributed by atoms with van der Waals surface area (Å²) in [6.07, 6.45) is 56.0. The van der Waals surface area contributed by atoms with Gasteiger partial charge in [-0.25, -0.2) is 4.57 Å². The summed E-state index contributed by atoms with van der Waals surface area (Å²) in [6.45, 7) is 4.84. The van der Waals surface area contributed by atoms with E-state index in [1.807, 2.05) is 27.2 Å². The largest absolute Gasteiger partial charge is 0.472 e. The van der Waals surface area contributed by atoms with Crippen molar-refractivity contribution in [2.45, 2.75) is 289 Å². The first-order valence-corrected chi connectivity index (χ1v) is 29.1. The van der Waals surface area contributed by atoms with E-state index in [4.69, 9.17) is 9.05 Å². The molecule has 9 heteroatoms. The summed E-state index contributed by atoms with van der Waals surface area (Å²) in [5.41, 5.74) is 0. The van der Waals surface area contributed by atoms with Crippen LogP contribution in [0.1, 0.15) is 277 Å². The summed E-state index contributed by atoms with van der Waals surface area (Å²) in [6, 6.07) is -0.840. The van der Waals surface area contributed by atoms with Crippen LogP contribution in [0.15, 0.2) is 12.2 Å². The van der Waals surface area contributed by atoms with Crippen LogP contribution in [0.25, 0.3) is 0 Å². The van der Waals surface area contributed by atoms with Gasteiger partial charge in [-0.05, 0) is 19.3 Å². The second kappa shape index (κ2) is 46.4. The molecule has 0 rings (SSSR count). The Morgan fingerprint density at radius 3 is 1.17 bits per heavy atom. The first-order valence-electron chi connectivity index (χ1n) is 27.6. The molecule has 0 aromatic rings. The first kappa shape index (κ1) is 62.2. The van der Waals surface area contributed by atoms with Crippen molar-refractivity contribution in [2.24, 2.45) is 0 Å². The van der Waals surface area contributed by atoms with Crippen molar-refractivity contribution in [3.8, 4) is 0 Å². The van der Waals surface area contributed by atoms with Crippen molar-refractivity contribution < 1.29 is 32.9 Å². The highest BCUT2D eigenvalue weighted by molar-refractivity contribution is 7.47. The molecule has 0 bridgehead atoms. The highest BCUT2D eigenvalue weighted by Crippen LogP contribution is 2.43. The van der Waals surface area contributed by atoms with Crippen molar-refractivity contribution in [3.05, 3.63) is 12.2 Å². The predicted molar refractivity (Wildman–Crippen MR) is 272 cm³/mol. The fraction of sp³-hybridized carbons (Fsp3) is 0.944. The molecular weight excluding hydrogens is 804 g/mol. The van der Waals surface area contributed by atoms with Gasteiger partial charge in [-0.3, -0.25) is 13.8 Å². The lowest BCUT2D eigenvalue weighted by atomic mass is 10.0. The van der Waals surface area contributed by atoms with Gasteiger partial charge in [-0.15, -0.1) is 0 Å². The third-order valence-electron chi connectivity index (χ3n) is 12.8. The molecule has 0 spiro atoms. The molecule has 3 atom stereocenters. The van der Waals surface area contributed by atoms with Crippen molar-refractivity contribution in [1.29, 1.82) is 0 Å². The SMILES string of the molecule is CCCCCCCCCCCCCCCCCCCCCCCCCCCCC/C=C/C(O)C(COP(=O)(O)OCC[N+](C)(C)C)NC(=O)CCCCCCCCCCCCCC. The molecule has 0 saturated heterocycles. The number of nitrogens with one attached hydrogen (secondary N) is 1. The maximum absolute atomic E-state index is 12.9. The van der Waals surface area contributed by atoms with Gasteiger partial charge in [-0.2, -0.15) is 0 Å². The lowest BCUT2D eigenvalue weighted by molar-refractivity contribution is -0.870. The van der Waals surface area contributed by atoms with E-state index in [2.05, 4.69) is 19.2 Å². The predicted octanol–water partition coefficient (Wildman–Crippen LogP) is 16.3. The quantitative estimate of drug-likeness (QED) is 0.0243. The zero-order valence-corrected chi connectivity index (χ0v) is 43.7. The van der Waals surface area contributed by atoms with Crippen molar-refractivity contribution in [2.75, 3.05) is 40.9 Å². The third kappa shape index (κ3) is 49.0. The Hall–Kier alpha value is -0.760. The molecular formula is C54H110N2O6P+. The molecule has 63 heavy (non-hydrogen) atoms. The zero-order valence-electron chi connectivity index (χ0n) is 42.8. The number of phosphoric acid groups is 1. The average molecular weight is 914 g/mol. The van der Waals surface area contributed by atoms with Gasteiger partial charge in [-0.1, -0.05) is 264 Å². The fourth-order valence-electron chi connectivity index (χ4n) is 8.40. The maximum Gasteiger partial charge on any atom is 0.472 e. The molecule has 0 heterocycles. The van der Waals surface area contributed by atoms with Crippen LogP contribution < -0.4 is 5.32 Å². The Morgan fingerprint density at radius 2 is 0.841 bits per heavy atom. The summed E-state index contributed by atoms with van der Waals surface area (Å²) < 4.78 is 23.6. The molecule has 0 saturated carbocycles. The van der Waals surface area contributed by atoms with Crippen LogP contribution in [-0.4, -0.2) is 73.4 Å². The molecule has 0 aromatic heterocycles. The van der Waals surface area contributed by atoms with Crippen LogP contribution in [0.2, 0.25) is 0 Å². The number of carbonyl (C=O) groups excluding carboxylic acids is 1. The molecule has 8 nitrogen and oxygen atoms in total. The van der Waals surface area contributed by atoms with Gasteiger partial charge in [0.2, 0.25) is 5.91 Å². The van der Waals surface area contributed by atoms with Gasteiger partial charge in [0, 0.05) is 6.42 Å². The number of amides is 1. The average Bonchev–Trinajstić information content (AvgIpc) is 3.24. The van der Waals surface area contributed by atoms with Gasteiger partial charge in [0.15, 0.2) is 0 Å². The zero-order chi connectivity index (χ0) is 46.4. The van der Waals surface area contributed by atoms with Crippen molar-refractivity contribution >= 4 is 13.7 Å². The number of hydrogen-bond acceptors (Lipinski definition) is 5. The van der Waals surface area contributed by atoms with Crippen LogP contribution >= 0.6 is 7.82 Å². The number of likely N-dealkylation sites (N-methyl/N-ethyl adjacent to an activating group) is 1. The Kier molecular flexibility index (Phi) is 45.8. The molecule has 0 fully saturated rings. The van der Waals surface area contributed by atoms with Gasteiger partial charge in [0.05, 0.1) is 39.9 Å². The lowest BCUT2D eigenvalue weighted by Gasteiger charge is -2.25. The summed E-state index contributed by atoms with van der Waals surface area (Å²) in [5, 5.41) is 13.9. The van der Waals surface area contributed by atoms with E-state index in [0.29, 0.717) is 17.4 Å². The molecule has 3 unspecified atom stereocenters. The minimum Gasteiger partial charge on any atom is -0.387 e. The smallest absolute Gasteiger partial charge is 0.387 e. The summed E-state index contributed by atoms with van der Waals surface area (Å²) in [4.78, 5) is 23.2. The Morgan fingerprint density at radius 1 is 0.524 bits per heavy atom. The lowest BCUT2D eigenvalue weighted by Crippen LogP contribution is -2.45. The van der Waals surface area contributed by atoms with Crippen LogP contribution in [0.3, 0.4) is 0 Å². The normalized spacial score (nSPS) is 14.1. The van der Waals surface area contributed by atoms with Crippen LogP contribution in [-0.2, 0) is 18.4 Å². The van der Waals surface area contributed by atoms with E-state index in [0.717, 1.165) is 32.1 Å². The summed E-state index contributed by atoms with van der Waals surface area (Å²) >= 11 is 0. The van der Waals surface area contributed by atoms with E-state index >= 15 is 0 Å². The minimum absolute atomic E-state index is 0.0649. The number of rotatable bonds is 51. The number of aliphatic hydroxyl groups excluding tert-OH is 1. The van der Waals surface area contributed by atoms with Crippen LogP contribution in [0.5, 0.6) is 0 Å². The van der Waals surface area contributed by atoms with Gasteiger partial charge in [0.1, 0.15) is 13.2 Å². The first-order chi connectivity index (χ1) is 30.5. The number of allylic oxidation sites excluding steroid dienone is 1. The topological polar surface area (TPSA) is 105 Å². The van der Waals surface area contributed by atoms with Gasteiger partial charge in [0.25, 0.3) is 0 Å². The van der Waals surface area contributed by atoms with E-state index in [9.17, 15) is 19.4 Å². The number of phosphoric ester groups is 1. The molecule has 0 radical (unpaired) electrons. The van der Waals surface area contributed by atoms with E-state index < -0.39 is 20.0 Å². The number of unbranched alkanes of at least 4 members (excludes halogenated alkanes) is 38. The van der Waals surface area contributed by atoms with Gasteiger partial charge >= 0.3 is 7.82 Å². The minimum atomic E-state index is -4.34. The molecule has 0 aliphatic heterocycles. The number of hydrogen-bond donors (Lipinski definition) is 3. The van der Waals surface area contributed by atoms with Crippen molar-refractivity contribution in [3.63, 3.8) is 0 Å². The Bertz CT molecular complexity index is 1040. The third-order valence-corrected chi connectivity index (χ3v) is 13.7. The second-order valence-electron chi connectivity index (χ2n) is 20.3. The fourth-order valence-corrected chi connectivity index (χ4v) is 9.13. The summed E-state index contributed by atoms with van der Waals surface area (Å²) in [7, 11) is 1.59. The molecule has 3 N–H and O–H groups in total.